The first kappa shape index (κ1) is 9.19. The molecule has 0 radical (unpaired) electrons. The molecule has 0 aromatic heterocycles. The summed E-state index contributed by atoms with van der Waals surface area (Å²) in [5.41, 5.74) is 0. The van der Waals surface area contributed by atoms with Crippen LogP contribution in [0.25, 0.3) is 0 Å². The van der Waals surface area contributed by atoms with Crippen LogP contribution in [-0.2, 0) is 9.59 Å². The number of imide groups is 1. The largest absolute Gasteiger partial charge is 0.303 e. The van der Waals surface area contributed by atoms with Gasteiger partial charge in [0.25, 0.3) is 0 Å². The van der Waals surface area contributed by atoms with E-state index < -0.39 is 0 Å². The summed E-state index contributed by atoms with van der Waals surface area (Å²) in [6, 6.07) is -0.0688. The molecule has 1 saturated heterocycles. The van der Waals surface area contributed by atoms with Gasteiger partial charge in [0.15, 0.2) is 0 Å². The molecule has 1 fully saturated rings. The van der Waals surface area contributed by atoms with Crippen LogP contribution in [0.3, 0.4) is 0 Å². The van der Waals surface area contributed by atoms with Crippen LogP contribution in [0.4, 0.5) is 0 Å². The second kappa shape index (κ2) is 3.23. The third-order valence-electron chi connectivity index (χ3n) is 1.92. The highest BCUT2D eigenvalue weighted by molar-refractivity contribution is 6.05. The van der Waals surface area contributed by atoms with Crippen LogP contribution in [0.15, 0.2) is 0 Å². The Balaban J connectivity index is 2.59. The summed E-state index contributed by atoms with van der Waals surface area (Å²) in [7, 11) is 1.52. The summed E-state index contributed by atoms with van der Waals surface area (Å²) in [5.74, 6) is -0.216. The third-order valence-corrected chi connectivity index (χ3v) is 1.92. The minimum Gasteiger partial charge on any atom is -0.303 e. The molecule has 68 valence electrons. The van der Waals surface area contributed by atoms with E-state index in [4.69, 9.17) is 0 Å². The van der Waals surface area contributed by atoms with E-state index in [-0.39, 0.29) is 23.9 Å². The topological polar surface area (TPSA) is 49.4 Å². The van der Waals surface area contributed by atoms with Gasteiger partial charge in [-0.15, -0.1) is 0 Å². The molecule has 1 unspecified atom stereocenters. The van der Waals surface area contributed by atoms with Gasteiger partial charge in [0.2, 0.25) is 11.8 Å². The molecule has 0 saturated carbocycles. The van der Waals surface area contributed by atoms with Gasteiger partial charge < -0.3 is 5.32 Å². The van der Waals surface area contributed by atoms with Gasteiger partial charge >= 0.3 is 0 Å². The Labute approximate surface area is 71.9 Å². The van der Waals surface area contributed by atoms with Gasteiger partial charge in [0.1, 0.15) is 0 Å². The van der Waals surface area contributed by atoms with E-state index in [1.54, 1.807) is 0 Å². The van der Waals surface area contributed by atoms with Crippen molar-refractivity contribution in [1.29, 1.82) is 0 Å². The Morgan fingerprint density at radius 3 is 2.42 bits per heavy atom. The number of carbonyl (C=O) groups is 2. The Morgan fingerprint density at radius 2 is 2.08 bits per heavy atom. The summed E-state index contributed by atoms with van der Waals surface area (Å²) in [4.78, 5) is 23.5. The molecule has 4 heteroatoms. The van der Waals surface area contributed by atoms with Gasteiger partial charge in [-0.2, -0.15) is 0 Å². The predicted octanol–water partition coefficient (Wildman–Crippen LogP) is -0.258. The normalized spacial score (nSPS) is 24.3. The molecule has 1 rings (SSSR count). The first-order valence-electron chi connectivity index (χ1n) is 4.09. The first-order valence-corrected chi connectivity index (χ1v) is 4.09. The lowest BCUT2D eigenvalue weighted by Crippen LogP contribution is -2.40. The van der Waals surface area contributed by atoms with Crippen molar-refractivity contribution in [1.82, 2.24) is 10.2 Å². The Bertz CT molecular complexity index is 213. The number of likely N-dealkylation sites (N-methyl/N-ethyl adjacent to an activating group) is 1. The average molecular weight is 170 g/mol. The standard InChI is InChI=1S/C8H14N2O2/c1-5(2)9-6-4-7(11)10(3)8(6)12/h5-6,9H,4H2,1-3H3. The average Bonchev–Trinajstić information content (AvgIpc) is 2.17. The molecule has 1 aliphatic heterocycles. The highest BCUT2D eigenvalue weighted by atomic mass is 16.2. The van der Waals surface area contributed by atoms with E-state index >= 15 is 0 Å². The van der Waals surface area contributed by atoms with Gasteiger partial charge in [0.05, 0.1) is 12.5 Å². The molecule has 0 aliphatic carbocycles. The van der Waals surface area contributed by atoms with Crippen molar-refractivity contribution in [3.63, 3.8) is 0 Å². The minimum atomic E-state index is -0.303. The maximum Gasteiger partial charge on any atom is 0.246 e. The van der Waals surface area contributed by atoms with Crippen LogP contribution in [0.2, 0.25) is 0 Å². The molecular formula is C8H14N2O2. The van der Waals surface area contributed by atoms with Gasteiger partial charge in [0, 0.05) is 13.1 Å². The molecule has 0 bridgehead atoms. The lowest BCUT2D eigenvalue weighted by Gasteiger charge is -2.13. The van der Waals surface area contributed by atoms with Crippen LogP contribution in [0.5, 0.6) is 0 Å². The summed E-state index contributed by atoms with van der Waals surface area (Å²) in [6.07, 6.45) is 0.299. The SMILES string of the molecule is CC(C)NC1CC(=O)N(C)C1=O. The molecule has 0 spiro atoms. The maximum atomic E-state index is 11.3. The van der Waals surface area contributed by atoms with Crippen molar-refractivity contribution >= 4 is 11.8 Å². The Kier molecular flexibility index (Phi) is 2.47. The number of likely N-dealkylation sites (tertiary alicyclic amines) is 1. The fraction of sp³-hybridized carbons (Fsp3) is 0.750. The van der Waals surface area contributed by atoms with Gasteiger partial charge in [-0.25, -0.2) is 0 Å². The third kappa shape index (κ3) is 1.64. The highest BCUT2D eigenvalue weighted by Crippen LogP contribution is 2.10. The van der Waals surface area contributed by atoms with Crippen molar-refractivity contribution in [3.05, 3.63) is 0 Å². The Hall–Kier alpha value is -0.900. The second-order valence-electron chi connectivity index (χ2n) is 3.37. The van der Waals surface area contributed by atoms with Crippen LogP contribution < -0.4 is 5.32 Å². The van der Waals surface area contributed by atoms with Crippen LogP contribution in [0, 0.1) is 0 Å². The fourth-order valence-electron chi connectivity index (χ4n) is 1.29. The zero-order valence-electron chi connectivity index (χ0n) is 7.63. The van der Waals surface area contributed by atoms with E-state index in [9.17, 15) is 9.59 Å². The molecule has 1 N–H and O–H groups in total. The van der Waals surface area contributed by atoms with E-state index in [2.05, 4.69) is 5.32 Å². The number of rotatable bonds is 2. The van der Waals surface area contributed by atoms with Crippen molar-refractivity contribution in [3.8, 4) is 0 Å². The van der Waals surface area contributed by atoms with E-state index in [1.807, 2.05) is 13.8 Å². The molecule has 0 aromatic carbocycles. The summed E-state index contributed by atoms with van der Waals surface area (Å²) in [5, 5.41) is 3.04. The lowest BCUT2D eigenvalue weighted by molar-refractivity contribution is -0.137. The molecule has 12 heavy (non-hydrogen) atoms. The number of hydrogen-bond donors (Lipinski definition) is 1. The first-order chi connectivity index (χ1) is 5.52. The van der Waals surface area contributed by atoms with Crippen molar-refractivity contribution in [2.75, 3.05) is 7.05 Å². The zero-order valence-corrected chi connectivity index (χ0v) is 7.63. The molecule has 2 amide bonds. The number of carbonyl (C=O) groups excluding carboxylic acids is 2. The molecule has 1 heterocycles. The highest BCUT2D eigenvalue weighted by Gasteiger charge is 2.35. The number of nitrogens with one attached hydrogen (secondary N) is 1. The van der Waals surface area contributed by atoms with Crippen LogP contribution in [0.1, 0.15) is 20.3 Å². The number of nitrogens with zero attached hydrogens (tertiary/aromatic N) is 1. The quantitative estimate of drug-likeness (QED) is 0.581. The number of hydrogen-bond acceptors (Lipinski definition) is 3. The minimum absolute atomic E-state index is 0.0989. The van der Waals surface area contributed by atoms with E-state index in [1.165, 1.54) is 11.9 Å². The van der Waals surface area contributed by atoms with Crippen molar-refractivity contribution in [2.45, 2.75) is 32.4 Å². The maximum absolute atomic E-state index is 11.3. The predicted molar refractivity (Wildman–Crippen MR) is 44.5 cm³/mol. The monoisotopic (exact) mass is 170 g/mol. The molecule has 4 nitrogen and oxygen atoms in total. The van der Waals surface area contributed by atoms with Gasteiger partial charge in [-0.3, -0.25) is 14.5 Å². The number of amides is 2. The molecule has 0 aromatic rings. The summed E-state index contributed by atoms with van der Waals surface area (Å²) < 4.78 is 0. The molecule has 1 aliphatic rings. The van der Waals surface area contributed by atoms with E-state index in [0.717, 1.165) is 0 Å². The van der Waals surface area contributed by atoms with Crippen LogP contribution >= 0.6 is 0 Å². The zero-order chi connectivity index (χ0) is 9.30. The summed E-state index contributed by atoms with van der Waals surface area (Å²) >= 11 is 0. The smallest absolute Gasteiger partial charge is 0.246 e. The van der Waals surface area contributed by atoms with Gasteiger partial charge in [-0.05, 0) is 0 Å². The molecular weight excluding hydrogens is 156 g/mol. The Morgan fingerprint density at radius 1 is 1.50 bits per heavy atom. The van der Waals surface area contributed by atoms with Crippen LogP contribution in [-0.4, -0.2) is 35.8 Å². The van der Waals surface area contributed by atoms with Crippen molar-refractivity contribution in [2.24, 2.45) is 0 Å². The summed E-state index contributed by atoms with van der Waals surface area (Å²) in [6.45, 7) is 3.91. The molecule has 1 atom stereocenters. The second-order valence-corrected chi connectivity index (χ2v) is 3.37. The van der Waals surface area contributed by atoms with Gasteiger partial charge in [-0.1, -0.05) is 13.8 Å². The fourth-order valence-corrected chi connectivity index (χ4v) is 1.29. The van der Waals surface area contributed by atoms with E-state index in [0.29, 0.717) is 6.42 Å². The van der Waals surface area contributed by atoms with Crippen molar-refractivity contribution < 1.29 is 9.59 Å². The lowest BCUT2D eigenvalue weighted by atomic mass is 10.2.